The van der Waals surface area contributed by atoms with E-state index < -0.39 is 15.9 Å². The molecule has 0 saturated carbocycles. The van der Waals surface area contributed by atoms with Gasteiger partial charge < -0.3 is 5.32 Å². The van der Waals surface area contributed by atoms with Crippen molar-refractivity contribution in [3.05, 3.63) is 52.2 Å². The van der Waals surface area contributed by atoms with Gasteiger partial charge >= 0.3 is 0 Å². The lowest BCUT2D eigenvalue weighted by molar-refractivity contribution is 0.0959. The molecule has 2 heterocycles. The van der Waals surface area contributed by atoms with Crippen LogP contribution in [-0.2, 0) is 10.0 Å². The van der Waals surface area contributed by atoms with Crippen LogP contribution in [0.2, 0.25) is 0 Å². The summed E-state index contributed by atoms with van der Waals surface area (Å²) >= 11 is 1.14. The van der Waals surface area contributed by atoms with Gasteiger partial charge in [-0.05, 0) is 36.4 Å². The summed E-state index contributed by atoms with van der Waals surface area (Å²) in [6, 6.07) is 11.0. The number of carbonyl (C=O) groups is 1. The molecular weight excluding hydrogens is 368 g/mol. The van der Waals surface area contributed by atoms with Gasteiger partial charge in [0.1, 0.15) is 9.77 Å². The summed E-state index contributed by atoms with van der Waals surface area (Å²) in [5, 5.41) is 4.33. The number of rotatable bonds is 4. The van der Waals surface area contributed by atoms with Crippen molar-refractivity contribution in [3.8, 4) is 11.8 Å². The predicted molar refractivity (Wildman–Crippen MR) is 103 cm³/mol. The minimum Gasteiger partial charge on any atom is -0.340 e. The number of sulfonamides is 1. The molecule has 5 nitrogen and oxygen atoms in total. The van der Waals surface area contributed by atoms with Crippen LogP contribution >= 0.6 is 11.3 Å². The maximum atomic E-state index is 12.8. The molecule has 0 spiro atoms. The molecule has 0 unspecified atom stereocenters. The fourth-order valence-corrected chi connectivity index (χ4v) is 5.62. The van der Waals surface area contributed by atoms with Gasteiger partial charge in [0.05, 0.1) is 6.54 Å². The molecule has 1 N–H and O–H groups in total. The summed E-state index contributed by atoms with van der Waals surface area (Å²) in [7, 11) is -3.62. The van der Waals surface area contributed by atoms with Gasteiger partial charge in [-0.2, -0.15) is 4.31 Å². The van der Waals surface area contributed by atoms with Crippen molar-refractivity contribution in [3.63, 3.8) is 0 Å². The van der Waals surface area contributed by atoms with Gasteiger partial charge in [0.15, 0.2) is 0 Å². The second-order valence-corrected chi connectivity index (χ2v) is 8.75. The molecule has 26 heavy (non-hydrogen) atoms. The lowest BCUT2D eigenvalue weighted by atomic mass is 10.2. The summed E-state index contributed by atoms with van der Waals surface area (Å²) in [4.78, 5) is 12.7. The van der Waals surface area contributed by atoms with E-state index in [0.29, 0.717) is 13.1 Å². The van der Waals surface area contributed by atoms with Gasteiger partial charge in [-0.25, -0.2) is 8.42 Å². The average molecular weight is 389 g/mol. The molecular formula is C19H20N2O3S2. The Balaban J connectivity index is 1.68. The molecule has 1 aromatic heterocycles. The van der Waals surface area contributed by atoms with Crippen molar-refractivity contribution in [2.45, 2.75) is 24.2 Å². The molecule has 0 aliphatic carbocycles. The molecule has 1 aliphatic heterocycles. The van der Waals surface area contributed by atoms with Crippen molar-refractivity contribution in [2.75, 3.05) is 19.6 Å². The van der Waals surface area contributed by atoms with Crippen LogP contribution in [0, 0.1) is 11.8 Å². The summed E-state index contributed by atoms with van der Waals surface area (Å²) < 4.78 is 27.1. The van der Waals surface area contributed by atoms with Gasteiger partial charge in [-0.3, -0.25) is 4.79 Å². The largest absolute Gasteiger partial charge is 0.340 e. The minimum absolute atomic E-state index is 0.0953. The topological polar surface area (TPSA) is 66.5 Å². The highest BCUT2D eigenvalue weighted by molar-refractivity contribution is 7.89. The molecule has 7 heteroatoms. The first kappa shape index (κ1) is 18.6. The van der Waals surface area contributed by atoms with Crippen molar-refractivity contribution < 1.29 is 13.2 Å². The van der Waals surface area contributed by atoms with Gasteiger partial charge in [-0.15, -0.1) is 11.3 Å². The van der Waals surface area contributed by atoms with Crippen LogP contribution in [0.4, 0.5) is 0 Å². The van der Waals surface area contributed by atoms with Crippen LogP contribution in [0.15, 0.2) is 46.7 Å². The highest BCUT2D eigenvalue weighted by Crippen LogP contribution is 2.27. The van der Waals surface area contributed by atoms with Crippen molar-refractivity contribution >= 4 is 27.3 Å². The zero-order valence-corrected chi connectivity index (χ0v) is 15.9. The number of hydrogen-bond donors (Lipinski definition) is 1. The molecule has 1 saturated heterocycles. The number of piperidine rings is 1. The van der Waals surface area contributed by atoms with E-state index in [4.69, 9.17) is 0 Å². The smallest absolute Gasteiger partial charge is 0.263 e. The molecule has 3 rings (SSSR count). The Kier molecular flexibility index (Phi) is 6.09. The first-order chi connectivity index (χ1) is 12.6. The van der Waals surface area contributed by atoms with E-state index >= 15 is 0 Å². The lowest BCUT2D eigenvalue weighted by Crippen LogP contribution is -2.36. The number of benzene rings is 1. The third kappa shape index (κ3) is 4.33. The Morgan fingerprint density at radius 3 is 2.58 bits per heavy atom. The Hall–Kier alpha value is -2.14. The predicted octanol–water partition coefficient (Wildman–Crippen LogP) is 2.70. The summed E-state index contributed by atoms with van der Waals surface area (Å²) in [5.74, 6) is 5.43. The van der Waals surface area contributed by atoms with E-state index in [1.807, 2.05) is 30.3 Å². The van der Waals surface area contributed by atoms with Gasteiger partial charge in [-0.1, -0.05) is 36.5 Å². The second kappa shape index (κ2) is 8.49. The Bertz CT molecular complexity index is 918. The van der Waals surface area contributed by atoms with E-state index in [1.165, 1.54) is 10.4 Å². The van der Waals surface area contributed by atoms with Gasteiger partial charge in [0.25, 0.3) is 5.91 Å². The Morgan fingerprint density at radius 2 is 1.85 bits per heavy atom. The fraction of sp³-hybridized carbons (Fsp3) is 0.316. The maximum Gasteiger partial charge on any atom is 0.263 e. The normalized spacial score (nSPS) is 15.1. The SMILES string of the molecule is O=C(NCC#Cc1ccccc1)c1sccc1S(=O)(=O)N1CCCCC1. The summed E-state index contributed by atoms with van der Waals surface area (Å²) in [5.41, 5.74) is 0.867. The second-order valence-electron chi connectivity index (χ2n) is 5.93. The van der Waals surface area contributed by atoms with Crippen LogP contribution in [0.5, 0.6) is 0 Å². The van der Waals surface area contributed by atoms with E-state index in [0.717, 1.165) is 36.2 Å². The number of thiophene rings is 1. The maximum absolute atomic E-state index is 12.8. The monoisotopic (exact) mass is 388 g/mol. The summed E-state index contributed by atoms with van der Waals surface area (Å²) in [6.45, 7) is 1.19. The summed E-state index contributed by atoms with van der Waals surface area (Å²) in [6.07, 6.45) is 2.77. The van der Waals surface area contributed by atoms with Crippen LogP contribution in [-0.4, -0.2) is 38.3 Å². The number of nitrogens with one attached hydrogen (secondary N) is 1. The molecule has 0 radical (unpaired) electrons. The standard InChI is InChI=1S/C19H20N2O3S2/c22-19(20-12-7-10-16-8-3-1-4-9-16)18-17(11-15-25-18)26(23,24)21-13-5-2-6-14-21/h1,3-4,8-9,11,15H,2,5-6,12-14H2,(H,20,22). The molecule has 1 aromatic carbocycles. The number of nitrogens with zero attached hydrogens (tertiary/aromatic N) is 1. The number of amides is 1. The first-order valence-corrected chi connectivity index (χ1v) is 10.8. The average Bonchev–Trinajstić information content (AvgIpc) is 3.17. The molecule has 0 atom stereocenters. The van der Waals surface area contributed by atoms with Crippen molar-refractivity contribution in [2.24, 2.45) is 0 Å². The number of hydrogen-bond acceptors (Lipinski definition) is 4. The third-order valence-corrected chi connectivity index (χ3v) is 7.10. The Labute approximate surface area is 158 Å². The molecule has 2 aromatic rings. The van der Waals surface area contributed by atoms with Crippen molar-refractivity contribution in [1.29, 1.82) is 0 Å². The van der Waals surface area contributed by atoms with E-state index in [-0.39, 0.29) is 16.3 Å². The van der Waals surface area contributed by atoms with Crippen LogP contribution in [0.3, 0.4) is 0 Å². The quantitative estimate of drug-likeness (QED) is 0.819. The minimum atomic E-state index is -3.62. The molecule has 1 aliphatic rings. The highest BCUT2D eigenvalue weighted by Gasteiger charge is 2.30. The highest BCUT2D eigenvalue weighted by atomic mass is 32.2. The molecule has 0 bridgehead atoms. The first-order valence-electron chi connectivity index (χ1n) is 8.49. The van der Waals surface area contributed by atoms with E-state index in [9.17, 15) is 13.2 Å². The van der Waals surface area contributed by atoms with Crippen LogP contribution in [0.25, 0.3) is 0 Å². The molecule has 1 amide bonds. The van der Waals surface area contributed by atoms with Gasteiger partial charge in [0, 0.05) is 18.7 Å². The number of carbonyl (C=O) groups excluding carboxylic acids is 1. The molecule has 1 fully saturated rings. The lowest BCUT2D eigenvalue weighted by Gasteiger charge is -2.25. The third-order valence-electron chi connectivity index (χ3n) is 4.11. The van der Waals surface area contributed by atoms with Crippen LogP contribution in [0.1, 0.15) is 34.5 Å². The zero-order chi connectivity index (χ0) is 18.4. The fourth-order valence-electron chi connectivity index (χ4n) is 2.78. The molecule has 136 valence electrons. The van der Waals surface area contributed by atoms with Gasteiger partial charge in [0.2, 0.25) is 10.0 Å². The Morgan fingerprint density at radius 1 is 1.12 bits per heavy atom. The van der Waals surface area contributed by atoms with E-state index in [2.05, 4.69) is 17.2 Å². The van der Waals surface area contributed by atoms with Crippen molar-refractivity contribution in [1.82, 2.24) is 9.62 Å². The van der Waals surface area contributed by atoms with E-state index in [1.54, 1.807) is 5.38 Å². The van der Waals surface area contributed by atoms with Crippen LogP contribution < -0.4 is 5.32 Å². The zero-order valence-electron chi connectivity index (χ0n) is 14.3.